The van der Waals surface area contributed by atoms with Crippen molar-refractivity contribution in [3.05, 3.63) is 49.9 Å². The molecule has 0 bridgehead atoms. The van der Waals surface area contributed by atoms with Crippen LogP contribution in [0.4, 0.5) is 0 Å². The summed E-state index contributed by atoms with van der Waals surface area (Å²) in [6.45, 7) is 6.99. The molecule has 9 heavy (non-hydrogen) atoms. The van der Waals surface area contributed by atoms with Crippen molar-refractivity contribution in [1.82, 2.24) is 5.32 Å². The summed E-state index contributed by atoms with van der Waals surface area (Å²) < 4.78 is 0. The molecule has 0 aromatic rings. The maximum absolute atomic E-state index is 3.52. The molecule has 0 aliphatic heterocycles. The molecular weight excluding hydrogens is 110 g/mol. The molecule has 0 saturated carbocycles. The van der Waals surface area contributed by atoms with Gasteiger partial charge in [-0.25, -0.2) is 0 Å². The van der Waals surface area contributed by atoms with Gasteiger partial charge in [0.05, 0.1) is 0 Å². The van der Waals surface area contributed by atoms with Crippen molar-refractivity contribution in [2.45, 2.75) is 0 Å². The molecule has 0 atom stereocenters. The Morgan fingerprint density at radius 2 is 1.78 bits per heavy atom. The van der Waals surface area contributed by atoms with Crippen molar-refractivity contribution in [2.24, 2.45) is 0 Å². The highest BCUT2D eigenvalue weighted by molar-refractivity contribution is 5.08. The molecule has 0 radical (unpaired) electrons. The lowest BCUT2D eigenvalue weighted by Crippen LogP contribution is -1.87. The molecule has 0 spiro atoms. The zero-order chi connectivity index (χ0) is 6.95. The van der Waals surface area contributed by atoms with Crippen molar-refractivity contribution in [1.29, 1.82) is 0 Å². The van der Waals surface area contributed by atoms with Crippen LogP contribution in [-0.4, -0.2) is 0 Å². The summed E-state index contributed by atoms with van der Waals surface area (Å²) in [7, 11) is 0. The molecule has 0 fully saturated rings. The summed E-state index contributed by atoms with van der Waals surface area (Å²) in [5, 5.41) is 2.80. The monoisotopic (exact) mass is 121 g/mol. The van der Waals surface area contributed by atoms with Crippen LogP contribution in [0.5, 0.6) is 0 Å². The van der Waals surface area contributed by atoms with Crippen LogP contribution in [0.1, 0.15) is 0 Å². The average molecular weight is 121 g/mol. The van der Waals surface area contributed by atoms with Gasteiger partial charge in [0.15, 0.2) is 0 Å². The van der Waals surface area contributed by atoms with Crippen molar-refractivity contribution in [2.75, 3.05) is 0 Å². The van der Waals surface area contributed by atoms with E-state index in [-0.39, 0.29) is 0 Å². The Balaban J connectivity index is 3.33. The zero-order valence-corrected chi connectivity index (χ0v) is 5.38. The SMILES string of the molecule is C=C/C=C/C=C\NC=C. The molecular formula is C8H11N. The summed E-state index contributed by atoms with van der Waals surface area (Å²) in [6, 6.07) is 0. The third kappa shape index (κ3) is 6.76. The van der Waals surface area contributed by atoms with Crippen LogP contribution < -0.4 is 5.32 Å². The molecule has 0 unspecified atom stereocenters. The predicted octanol–water partition coefficient (Wildman–Crippen LogP) is 1.98. The van der Waals surface area contributed by atoms with Gasteiger partial charge in [-0.05, 0) is 12.3 Å². The highest BCUT2D eigenvalue weighted by Crippen LogP contribution is 1.74. The van der Waals surface area contributed by atoms with E-state index in [1.165, 1.54) is 0 Å². The Kier molecular flexibility index (Phi) is 5.83. The van der Waals surface area contributed by atoms with Crippen LogP contribution in [-0.2, 0) is 0 Å². The van der Waals surface area contributed by atoms with Gasteiger partial charge in [-0.15, -0.1) is 0 Å². The van der Waals surface area contributed by atoms with Crippen LogP contribution in [0.2, 0.25) is 0 Å². The summed E-state index contributed by atoms with van der Waals surface area (Å²) in [5.74, 6) is 0. The molecule has 0 heterocycles. The summed E-state index contributed by atoms with van der Waals surface area (Å²) in [4.78, 5) is 0. The fourth-order valence-electron chi connectivity index (χ4n) is 0.322. The zero-order valence-electron chi connectivity index (χ0n) is 5.38. The van der Waals surface area contributed by atoms with Crippen molar-refractivity contribution >= 4 is 0 Å². The first-order chi connectivity index (χ1) is 4.41. The normalized spacial score (nSPS) is 10.2. The fraction of sp³-hybridized carbons (Fsp3) is 0. The van der Waals surface area contributed by atoms with Crippen molar-refractivity contribution in [3.8, 4) is 0 Å². The molecule has 0 saturated heterocycles. The van der Waals surface area contributed by atoms with Gasteiger partial charge in [0, 0.05) is 6.20 Å². The lowest BCUT2D eigenvalue weighted by molar-refractivity contribution is 1.20. The second-order valence-corrected chi connectivity index (χ2v) is 1.35. The third-order valence-corrected chi connectivity index (χ3v) is 0.669. The molecule has 48 valence electrons. The average Bonchev–Trinajstić information content (AvgIpc) is 1.89. The standard InChI is InChI=1S/C8H11N/c1-3-5-6-7-8-9-4-2/h3-9H,1-2H2/b6-5+,8-7-. The topological polar surface area (TPSA) is 12.0 Å². The Labute approximate surface area is 56.1 Å². The Hall–Kier alpha value is -1.24. The minimum absolute atomic E-state index is 1.61. The number of hydrogen-bond donors (Lipinski definition) is 1. The first-order valence-corrected chi connectivity index (χ1v) is 2.73. The maximum atomic E-state index is 3.52. The largest absolute Gasteiger partial charge is 0.368 e. The van der Waals surface area contributed by atoms with E-state index in [1.807, 2.05) is 18.2 Å². The number of rotatable bonds is 4. The predicted molar refractivity (Wildman–Crippen MR) is 41.8 cm³/mol. The summed E-state index contributed by atoms with van der Waals surface area (Å²) in [6.07, 6.45) is 10.7. The van der Waals surface area contributed by atoms with Gasteiger partial charge < -0.3 is 5.32 Å². The Morgan fingerprint density at radius 3 is 2.33 bits per heavy atom. The summed E-state index contributed by atoms with van der Waals surface area (Å²) in [5.41, 5.74) is 0. The van der Waals surface area contributed by atoms with Gasteiger partial charge in [-0.3, -0.25) is 0 Å². The van der Waals surface area contributed by atoms with Gasteiger partial charge in [0.1, 0.15) is 0 Å². The molecule has 0 aliphatic rings. The van der Waals surface area contributed by atoms with E-state index in [4.69, 9.17) is 0 Å². The van der Waals surface area contributed by atoms with E-state index in [9.17, 15) is 0 Å². The molecule has 1 N–H and O–H groups in total. The van der Waals surface area contributed by atoms with Crippen LogP contribution in [0.3, 0.4) is 0 Å². The van der Waals surface area contributed by atoms with E-state index in [1.54, 1.807) is 18.5 Å². The quantitative estimate of drug-likeness (QED) is 0.561. The van der Waals surface area contributed by atoms with Gasteiger partial charge in [-0.2, -0.15) is 0 Å². The molecule has 0 amide bonds. The van der Waals surface area contributed by atoms with Crippen LogP contribution in [0.25, 0.3) is 0 Å². The van der Waals surface area contributed by atoms with Crippen LogP contribution in [0, 0.1) is 0 Å². The molecule has 1 nitrogen and oxygen atoms in total. The van der Waals surface area contributed by atoms with Gasteiger partial charge in [0.2, 0.25) is 0 Å². The lowest BCUT2D eigenvalue weighted by atomic mass is 10.5. The van der Waals surface area contributed by atoms with E-state index < -0.39 is 0 Å². The number of allylic oxidation sites excluding steroid dienone is 4. The molecule has 0 aromatic carbocycles. The first kappa shape index (κ1) is 7.76. The van der Waals surface area contributed by atoms with Gasteiger partial charge in [-0.1, -0.05) is 31.4 Å². The summed E-state index contributed by atoms with van der Waals surface area (Å²) >= 11 is 0. The molecule has 0 aromatic heterocycles. The highest BCUT2D eigenvalue weighted by atomic mass is 14.8. The second kappa shape index (κ2) is 6.76. The molecule has 0 rings (SSSR count). The van der Waals surface area contributed by atoms with Gasteiger partial charge >= 0.3 is 0 Å². The fourth-order valence-corrected chi connectivity index (χ4v) is 0.322. The molecule has 1 heteroatoms. The van der Waals surface area contributed by atoms with Gasteiger partial charge in [0.25, 0.3) is 0 Å². The van der Waals surface area contributed by atoms with E-state index in [0.717, 1.165) is 0 Å². The number of hydrogen-bond acceptors (Lipinski definition) is 1. The molecule has 0 aliphatic carbocycles. The lowest BCUT2D eigenvalue weighted by Gasteiger charge is -1.80. The van der Waals surface area contributed by atoms with E-state index >= 15 is 0 Å². The minimum Gasteiger partial charge on any atom is -0.368 e. The van der Waals surface area contributed by atoms with Crippen LogP contribution in [0.15, 0.2) is 49.9 Å². The van der Waals surface area contributed by atoms with Crippen LogP contribution >= 0.6 is 0 Å². The minimum atomic E-state index is 1.61. The third-order valence-electron chi connectivity index (χ3n) is 0.669. The Morgan fingerprint density at radius 1 is 1.00 bits per heavy atom. The second-order valence-electron chi connectivity index (χ2n) is 1.35. The smallest absolute Gasteiger partial charge is 0.000418 e. The van der Waals surface area contributed by atoms with Crippen molar-refractivity contribution in [3.63, 3.8) is 0 Å². The first-order valence-electron chi connectivity index (χ1n) is 2.73. The Bertz CT molecular complexity index is 132. The van der Waals surface area contributed by atoms with E-state index in [2.05, 4.69) is 18.5 Å². The van der Waals surface area contributed by atoms with Crippen molar-refractivity contribution < 1.29 is 0 Å². The number of nitrogens with one attached hydrogen (secondary N) is 1. The highest BCUT2D eigenvalue weighted by Gasteiger charge is 1.58. The maximum Gasteiger partial charge on any atom is 0.000418 e. The van der Waals surface area contributed by atoms with E-state index in [0.29, 0.717) is 0 Å².